The van der Waals surface area contributed by atoms with Crippen molar-refractivity contribution in [3.05, 3.63) is 66.7 Å². The fraction of sp³-hybridized carbons (Fsp3) is 0. The molecule has 2 heterocycles. The van der Waals surface area contributed by atoms with E-state index >= 15 is 0 Å². The number of fused-ring (bicyclic) bond motifs is 5. The lowest BCUT2D eigenvalue weighted by atomic mass is 10.1. The second-order valence-corrected chi connectivity index (χ2v) is 11.9. The van der Waals surface area contributed by atoms with Crippen molar-refractivity contribution in [3.8, 4) is 5.69 Å². The Morgan fingerprint density at radius 2 is 1.36 bits per heavy atom. The largest absolute Gasteiger partial charge is 0.314 e. The molecular formula is C18H11Cl2NSi. The Balaban J connectivity index is 2.15. The van der Waals surface area contributed by atoms with Gasteiger partial charge in [0.15, 0.2) is 0 Å². The Kier molecular flexibility index (Phi) is 2.42. The summed E-state index contributed by atoms with van der Waals surface area (Å²) in [5.74, 6) is 0. The molecule has 22 heavy (non-hydrogen) atoms. The molecule has 3 aromatic carbocycles. The molecule has 0 saturated heterocycles. The van der Waals surface area contributed by atoms with Gasteiger partial charge in [0.2, 0.25) is 0 Å². The maximum absolute atomic E-state index is 6.92. The predicted molar refractivity (Wildman–Crippen MR) is 97.5 cm³/mol. The van der Waals surface area contributed by atoms with E-state index in [2.05, 4.69) is 59.2 Å². The fourth-order valence-electron chi connectivity index (χ4n) is 3.60. The van der Waals surface area contributed by atoms with E-state index in [1.807, 2.05) is 12.1 Å². The summed E-state index contributed by atoms with van der Waals surface area (Å²) in [6, 6.07) is 23.0. The molecule has 1 nitrogen and oxygen atoms in total. The maximum Gasteiger partial charge on any atom is 0.314 e. The molecule has 0 radical (unpaired) electrons. The Hall–Kier alpha value is -1.74. The van der Waals surface area contributed by atoms with Crippen molar-refractivity contribution < 1.29 is 0 Å². The molecular weight excluding hydrogens is 329 g/mol. The van der Waals surface area contributed by atoms with E-state index in [9.17, 15) is 0 Å². The van der Waals surface area contributed by atoms with Crippen LogP contribution < -0.4 is 10.4 Å². The topological polar surface area (TPSA) is 4.93 Å². The first-order chi connectivity index (χ1) is 10.7. The lowest BCUT2D eigenvalue weighted by Crippen LogP contribution is -2.53. The highest BCUT2D eigenvalue weighted by Gasteiger charge is 2.42. The van der Waals surface area contributed by atoms with E-state index in [1.54, 1.807) is 0 Å². The molecule has 4 heteroatoms. The Morgan fingerprint density at radius 3 is 2.27 bits per heavy atom. The van der Waals surface area contributed by atoms with Crippen molar-refractivity contribution in [2.24, 2.45) is 0 Å². The molecule has 0 amide bonds. The number of benzene rings is 3. The number of aromatic nitrogens is 1. The van der Waals surface area contributed by atoms with Crippen LogP contribution in [0.3, 0.4) is 0 Å². The summed E-state index contributed by atoms with van der Waals surface area (Å²) in [6.45, 7) is -2.70. The van der Waals surface area contributed by atoms with Crippen LogP contribution in [-0.4, -0.2) is 11.3 Å². The molecule has 0 atom stereocenters. The number of para-hydroxylation sites is 3. The van der Waals surface area contributed by atoms with Gasteiger partial charge in [-0.3, -0.25) is 0 Å². The average Bonchev–Trinajstić information content (AvgIpc) is 2.88. The van der Waals surface area contributed by atoms with E-state index in [0.29, 0.717) is 0 Å². The van der Waals surface area contributed by atoms with Crippen LogP contribution in [0.4, 0.5) is 0 Å². The smallest absolute Gasteiger partial charge is 0.309 e. The van der Waals surface area contributed by atoms with E-state index in [-0.39, 0.29) is 0 Å². The lowest BCUT2D eigenvalue weighted by Gasteiger charge is -2.28. The SMILES string of the molecule is Cl[Si]1(Cl)c2ccccc2-n2c3ccccc3c3cccc1c32. The Labute approximate surface area is 138 Å². The van der Waals surface area contributed by atoms with Gasteiger partial charge >= 0.3 is 6.69 Å². The zero-order valence-electron chi connectivity index (χ0n) is 11.6. The molecule has 4 aromatic rings. The van der Waals surface area contributed by atoms with Crippen molar-refractivity contribution in [2.45, 2.75) is 0 Å². The normalized spacial score (nSPS) is 15.2. The standard InChI is InChI=1S/C18H11Cl2NSi/c19-22(20)16-10-4-3-9-15(16)21-14-8-2-1-6-12(14)13-7-5-11-17(22)18(13)21/h1-11H. The number of hydrogen-bond donors (Lipinski definition) is 0. The van der Waals surface area contributed by atoms with Gasteiger partial charge in [-0.25, -0.2) is 0 Å². The van der Waals surface area contributed by atoms with Gasteiger partial charge in [0.25, 0.3) is 0 Å². The molecule has 0 bridgehead atoms. The minimum atomic E-state index is -2.70. The van der Waals surface area contributed by atoms with Crippen LogP contribution in [0.15, 0.2) is 66.7 Å². The van der Waals surface area contributed by atoms with Crippen molar-refractivity contribution in [3.63, 3.8) is 0 Å². The number of halogens is 2. The lowest BCUT2D eigenvalue weighted by molar-refractivity contribution is 1.19. The van der Waals surface area contributed by atoms with Gasteiger partial charge in [0, 0.05) is 16.5 Å². The number of hydrogen-bond acceptors (Lipinski definition) is 0. The van der Waals surface area contributed by atoms with Gasteiger partial charge in [0.05, 0.1) is 11.0 Å². The summed E-state index contributed by atoms with van der Waals surface area (Å²) in [4.78, 5) is 0. The second kappa shape index (κ2) is 4.16. The highest BCUT2D eigenvalue weighted by atomic mass is 35.7. The third kappa shape index (κ3) is 1.40. The summed E-state index contributed by atoms with van der Waals surface area (Å²) >= 11 is 13.8. The third-order valence-electron chi connectivity index (χ3n) is 4.52. The van der Waals surface area contributed by atoms with Gasteiger partial charge < -0.3 is 4.57 Å². The first kappa shape index (κ1) is 12.8. The minimum absolute atomic E-state index is 1.07. The molecule has 1 aromatic heterocycles. The average molecular weight is 340 g/mol. The van der Waals surface area contributed by atoms with Crippen molar-refractivity contribution in [1.82, 2.24) is 4.57 Å². The summed E-state index contributed by atoms with van der Waals surface area (Å²) in [6.07, 6.45) is 0. The number of rotatable bonds is 0. The highest BCUT2D eigenvalue weighted by molar-refractivity contribution is 7.57. The van der Waals surface area contributed by atoms with Crippen LogP contribution in [-0.2, 0) is 0 Å². The van der Waals surface area contributed by atoms with Crippen LogP contribution >= 0.6 is 22.2 Å². The van der Waals surface area contributed by atoms with Gasteiger partial charge in [0.1, 0.15) is 0 Å². The summed E-state index contributed by atoms with van der Waals surface area (Å²) < 4.78 is 2.31. The van der Waals surface area contributed by atoms with Gasteiger partial charge in [-0.2, -0.15) is 0 Å². The van der Waals surface area contributed by atoms with Gasteiger partial charge in [-0.05, 0) is 22.5 Å². The third-order valence-corrected chi connectivity index (χ3v) is 9.14. The van der Waals surface area contributed by atoms with E-state index in [4.69, 9.17) is 22.2 Å². The molecule has 0 aliphatic carbocycles. The molecule has 0 saturated carbocycles. The van der Waals surface area contributed by atoms with Crippen LogP contribution in [0.1, 0.15) is 0 Å². The van der Waals surface area contributed by atoms with E-state index in [1.165, 1.54) is 21.8 Å². The first-order valence-corrected chi connectivity index (χ1v) is 11.2. The molecule has 0 spiro atoms. The van der Waals surface area contributed by atoms with Crippen LogP contribution in [0.5, 0.6) is 0 Å². The molecule has 0 fully saturated rings. The van der Waals surface area contributed by atoms with Crippen LogP contribution in [0.25, 0.3) is 27.5 Å². The van der Waals surface area contributed by atoms with Crippen molar-refractivity contribution in [2.75, 3.05) is 0 Å². The zero-order chi connectivity index (χ0) is 14.9. The van der Waals surface area contributed by atoms with Crippen LogP contribution in [0.2, 0.25) is 0 Å². The first-order valence-electron chi connectivity index (χ1n) is 7.20. The van der Waals surface area contributed by atoms with Gasteiger partial charge in [-0.1, -0.05) is 54.6 Å². The van der Waals surface area contributed by atoms with Crippen LogP contribution in [0, 0.1) is 0 Å². The van der Waals surface area contributed by atoms with Crippen molar-refractivity contribution >= 4 is 61.0 Å². The van der Waals surface area contributed by atoms with E-state index in [0.717, 1.165) is 16.1 Å². The Bertz CT molecular complexity index is 1070. The fourth-order valence-corrected chi connectivity index (χ4v) is 7.44. The molecule has 5 rings (SSSR count). The van der Waals surface area contributed by atoms with E-state index < -0.39 is 6.69 Å². The Morgan fingerprint density at radius 1 is 0.682 bits per heavy atom. The summed E-state index contributed by atoms with van der Waals surface area (Å²) in [5, 5.41) is 4.62. The maximum atomic E-state index is 6.92. The minimum Gasteiger partial charge on any atom is -0.309 e. The summed E-state index contributed by atoms with van der Waals surface area (Å²) in [7, 11) is 0. The number of nitrogens with zero attached hydrogens (tertiary/aromatic N) is 1. The zero-order valence-corrected chi connectivity index (χ0v) is 14.1. The quantitative estimate of drug-likeness (QED) is 0.335. The highest BCUT2D eigenvalue weighted by Crippen LogP contribution is 2.36. The second-order valence-electron chi connectivity index (χ2n) is 5.65. The van der Waals surface area contributed by atoms with Gasteiger partial charge in [-0.15, -0.1) is 22.2 Å². The predicted octanol–water partition coefficient (Wildman–Crippen LogP) is 4.13. The molecule has 0 N–H and O–H groups in total. The monoisotopic (exact) mass is 339 g/mol. The molecule has 106 valence electrons. The molecule has 0 unspecified atom stereocenters. The molecule has 1 aliphatic rings. The summed E-state index contributed by atoms with van der Waals surface area (Å²) in [5.41, 5.74) is 3.48. The molecule has 1 aliphatic heterocycles. The van der Waals surface area contributed by atoms with Crippen molar-refractivity contribution in [1.29, 1.82) is 0 Å².